The molecule has 1 saturated carbocycles. The molecule has 1 unspecified atom stereocenters. The van der Waals surface area contributed by atoms with Gasteiger partial charge in [0.2, 0.25) is 12.3 Å². The maximum absolute atomic E-state index is 11.9. The standard InChI is InChI=1S/C12H9N5O.C11H17F3N2O2.C4H8O/c1-3-9-12-8(10(4-13)15-7-18)5-14-6-11(12)17(2)16-9;1-7-5-16(6-10(7,2)3)8(17)4-15-9(18)11(12,13)14;1-5-4-2-3-4/h1,5-7,10H,2H3,(H,15,18);7H,4-6H2,1-3H3,(H,15,18);4H,2-3H2,1H3/t;7-;/m.0./s1. The van der Waals surface area contributed by atoms with E-state index in [0.29, 0.717) is 47.8 Å². The molecule has 2 aromatic heterocycles. The number of fused-ring (bicyclic) bond motifs is 1. The van der Waals surface area contributed by atoms with Gasteiger partial charge < -0.3 is 20.3 Å². The number of carbonyl (C=O) groups excluding carboxylic acids is 3. The molecule has 2 N–H and O–H groups in total. The van der Waals surface area contributed by atoms with Crippen molar-refractivity contribution in [1.82, 2.24) is 30.3 Å². The molecule has 2 aromatic rings. The van der Waals surface area contributed by atoms with Crippen molar-refractivity contribution in [3.63, 3.8) is 0 Å². The molecule has 2 atom stereocenters. The van der Waals surface area contributed by atoms with E-state index >= 15 is 0 Å². The van der Waals surface area contributed by atoms with Crippen LogP contribution < -0.4 is 10.6 Å². The van der Waals surface area contributed by atoms with Gasteiger partial charge in [0.1, 0.15) is 11.7 Å². The van der Waals surface area contributed by atoms with Crippen molar-refractivity contribution in [2.45, 2.75) is 51.9 Å². The average molecular weight is 578 g/mol. The van der Waals surface area contributed by atoms with E-state index in [-0.39, 0.29) is 11.3 Å². The molecule has 0 aromatic carbocycles. The summed E-state index contributed by atoms with van der Waals surface area (Å²) in [4.78, 5) is 38.2. The number of ether oxygens (including phenoxy) is 1. The zero-order valence-corrected chi connectivity index (χ0v) is 23.6. The number of hydrogen-bond donors (Lipinski definition) is 2. The predicted molar refractivity (Wildman–Crippen MR) is 143 cm³/mol. The van der Waals surface area contributed by atoms with Gasteiger partial charge in [-0.25, -0.2) is 0 Å². The third kappa shape index (κ3) is 8.91. The topological polar surface area (TPSA) is 142 Å². The van der Waals surface area contributed by atoms with E-state index in [2.05, 4.69) is 21.3 Å². The normalized spacial score (nSPS) is 18.0. The first-order valence-corrected chi connectivity index (χ1v) is 12.7. The molecule has 3 heterocycles. The molecule has 1 aliphatic heterocycles. The van der Waals surface area contributed by atoms with E-state index in [1.807, 2.05) is 26.8 Å². The van der Waals surface area contributed by atoms with E-state index in [1.54, 1.807) is 30.4 Å². The molecule has 2 aliphatic rings. The van der Waals surface area contributed by atoms with Gasteiger partial charge in [0.05, 0.1) is 30.4 Å². The lowest BCUT2D eigenvalue weighted by Crippen LogP contribution is -2.44. The summed E-state index contributed by atoms with van der Waals surface area (Å²) in [5.41, 5.74) is 1.64. The van der Waals surface area contributed by atoms with Gasteiger partial charge in [-0.15, -0.1) is 6.42 Å². The highest BCUT2D eigenvalue weighted by atomic mass is 19.4. The summed E-state index contributed by atoms with van der Waals surface area (Å²) in [6.45, 7) is 6.38. The number of pyridine rings is 1. The largest absolute Gasteiger partial charge is 0.471 e. The number of alkyl halides is 3. The van der Waals surface area contributed by atoms with Crippen LogP contribution in [0.1, 0.15) is 50.9 Å². The molecule has 14 heteroatoms. The number of carbonyl (C=O) groups is 3. The molecular formula is C27H34F3N7O4. The van der Waals surface area contributed by atoms with Gasteiger partial charge in [-0.05, 0) is 30.1 Å². The van der Waals surface area contributed by atoms with Crippen LogP contribution in [0.2, 0.25) is 0 Å². The fraction of sp³-hybridized carbons (Fsp3) is 0.556. The second-order valence-electron chi connectivity index (χ2n) is 10.4. The number of aryl methyl sites for hydroxylation is 1. The molecule has 0 spiro atoms. The Morgan fingerprint density at radius 3 is 2.44 bits per heavy atom. The molecule has 41 heavy (non-hydrogen) atoms. The van der Waals surface area contributed by atoms with Crippen molar-refractivity contribution in [2.75, 3.05) is 26.7 Å². The molecule has 0 bridgehead atoms. The third-order valence-electron chi connectivity index (χ3n) is 6.90. The highest BCUT2D eigenvalue weighted by Gasteiger charge is 2.41. The van der Waals surface area contributed by atoms with Gasteiger partial charge in [-0.3, -0.25) is 24.0 Å². The van der Waals surface area contributed by atoms with E-state index in [0.717, 1.165) is 0 Å². The van der Waals surface area contributed by atoms with Crippen LogP contribution in [-0.4, -0.2) is 76.9 Å². The smallest absolute Gasteiger partial charge is 0.381 e. The van der Waals surface area contributed by atoms with Crippen LogP contribution in [0.3, 0.4) is 0 Å². The molecule has 3 amide bonds. The predicted octanol–water partition coefficient (Wildman–Crippen LogP) is 2.22. The Morgan fingerprint density at radius 2 is 2.00 bits per heavy atom. The average Bonchev–Trinajstić information content (AvgIpc) is 3.66. The van der Waals surface area contributed by atoms with Crippen molar-refractivity contribution in [3.8, 4) is 18.4 Å². The van der Waals surface area contributed by atoms with Crippen LogP contribution in [0.4, 0.5) is 13.2 Å². The Hall–Kier alpha value is -4.17. The first-order chi connectivity index (χ1) is 19.2. The number of aromatic nitrogens is 3. The van der Waals surface area contributed by atoms with E-state index in [9.17, 15) is 27.6 Å². The highest BCUT2D eigenvalue weighted by molar-refractivity contribution is 5.88. The Kier molecular flexibility index (Phi) is 11.2. The Bertz CT molecular complexity index is 1320. The van der Waals surface area contributed by atoms with Crippen LogP contribution in [0, 0.1) is 35.0 Å². The molecule has 1 aliphatic carbocycles. The lowest BCUT2D eigenvalue weighted by Gasteiger charge is -2.22. The SMILES string of the molecule is C#Cc1nn(C)c2cncc(C(C#N)NC=O)c12.COC1CC1.C[C@H]1CN(C(=O)CNC(=O)C(F)(F)F)CC1(C)C. The summed E-state index contributed by atoms with van der Waals surface area (Å²) < 4.78 is 42.2. The number of terminal acetylenes is 1. The first kappa shape index (κ1) is 33.0. The van der Waals surface area contributed by atoms with Crippen LogP contribution in [0.5, 0.6) is 0 Å². The van der Waals surface area contributed by atoms with E-state index < -0.39 is 30.6 Å². The number of halogens is 3. The van der Waals surface area contributed by atoms with E-state index in [4.69, 9.17) is 16.4 Å². The lowest BCUT2D eigenvalue weighted by molar-refractivity contribution is -0.174. The summed E-state index contributed by atoms with van der Waals surface area (Å²) in [7, 11) is 3.50. The first-order valence-electron chi connectivity index (χ1n) is 12.7. The minimum absolute atomic E-state index is 0.0519. The van der Waals surface area contributed by atoms with Gasteiger partial charge in [0.25, 0.3) is 0 Å². The van der Waals surface area contributed by atoms with Crippen LogP contribution in [0.15, 0.2) is 12.4 Å². The van der Waals surface area contributed by atoms with Crippen LogP contribution in [-0.2, 0) is 26.2 Å². The van der Waals surface area contributed by atoms with Gasteiger partial charge in [0.15, 0.2) is 0 Å². The number of methoxy groups -OCH3 is 1. The van der Waals surface area contributed by atoms with Gasteiger partial charge in [-0.1, -0.05) is 20.8 Å². The molecule has 4 rings (SSSR count). The second-order valence-corrected chi connectivity index (χ2v) is 10.4. The zero-order chi connectivity index (χ0) is 31.0. The van der Waals surface area contributed by atoms with E-state index in [1.165, 1.54) is 23.9 Å². The Labute approximate surface area is 236 Å². The van der Waals surface area contributed by atoms with Crippen LogP contribution in [0.25, 0.3) is 10.9 Å². The molecule has 1 saturated heterocycles. The van der Waals surface area contributed by atoms with Gasteiger partial charge >= 0.3 is 12.1 Å². The van der Waals surface area contributed by atoms with Crippen molar-refractivity contribution < 1.29 is 32.3 Å². The number of nitrogens with zero attached hydrogens (tertiary/aromatic N) is 5. The number of nitrogens with one attached hydrogen (secondary N) is 2. The minimum atomic E-state index is -4.95. The third-order valence-corrected chi connectivity index (χ3v) is 6.90. The Morgan fingerprint density at radius 1 is 1.34 bits per heavy atom. The number of amides is 3. The molecule has 11 nitrogen and oxygen atoms in total. The minimum Gasteiger partial charge on any atom is -0.381 e. The Balaban J connectivity index is 0.000000245. The number of rotatable bonds is 6. The number of nitriles is 1. The van der Waals surface area contributed by atoms with Gasteiger partial charge in [-0.2, -0.15) is 23.5 Å². The molecule has 222 valence electrons. The lowest BCUT2D eigenvalue weighted by atomic mass is 9.84. The van der Waals surface area contributed by atoms with Crippen molar-refractivity contribution in [3.05, 3.63) is 23.7 Å². The number of hydrogen-bond acceptors (Lipinski definition) is 7. The number of likely N-dealkylation sites (tertiary alicyclic amines) is 1. The fourth-order valence-corrected chi connectivity index (χ4v) is 3.96. The summed E-state index contributed by atoms with van der Waals surface area (Å²) in [5.74, 6) is 0.182. The van der Waals surface area contributed by atoms with Gasteiger partial charge in [0, 0.05) is 44.4 Å². The monoisotopic (exact) mass is 577 g/mol. The zero-order valence-electron chi connectivity index (χ0n) is 23.6. The second kappa shape index (κ2) is 13.9. The van der Waals surface area contributed by atoms with Crippen molar-refractivity contribution in [1.29, 1.82) is 5.26 Å². The van der Waals surface area contributed by atoms with Crippen molar-refractivity contribution in [2.24, 2.45) is 18.4 Å². The summed E-state index contributed by atoms with van der Waals surface area (Å²) in [6.07, 6.45) is 7.25. The maximum Gasteiger partial charge on any atom is 0.471 e. The highest BCUT2D eigenvalue weighted by Crippen LogP contribution is 2.34. The quantitative estimate of drug-likeness (QED) is 0.396. The molecule has 2 fully saturated rings. The van der Waals surface area contributed by atoms with Crippen LogP contribution >= 0.6 is 0 Å². The summed E-state index contributed by atoms with van der Waals surface area (Å²) >= 11 is 0. The molecular weight excluding hydrogens is 543 g/mol. The van der Waals surface area contributed by atoms with Crippen molar-refractivity contribution >= 4 is 29.1 Å². The summed E-state index contributed by atoms with van der Waals surface area (Å²) in [6, 6.07) is 1.19. The fourth-order valence-electron chi connectivity index (χ4n) is 3.96. The maximum atomic E-state index is 11.9. The molecule has 0 radical (unpaired) electrons. The summed E-state index contributed by atoms with van der Waals surface area (Å²) in [5, 5.41) is 17.9.